The van der Waals surface area contributed by atoms with Gasteiger partial charge < -0.3 is 5.32 Å². The van der Waals surface area contributed by atoms with Crippen LogP contribution < -0.4 is 5.32 Å². The molecule has 0 saturated heterocycles. The van der Waals surface area contributed by atoms with E-state index in [4.69, 9.17) is 23.2 Å². The molecule has 0 radical (unpaired) electrons. The first-order chi connectivity index (χ1) is 12.8. The van der Waals surface area contributed by atoms with Gasteiger partial charge >= 0.3 is 0 Å². The van der Waals surface area contributed by atoms with Gasteiger partial charge in [0.1, 0.15) is 5.82 Å². The van der Waals surface area contributed by atoms with E-state index in [1.165, 1.54) is 12.1 Å². The average molecular weight is 414 g/mol. The number of nitrogens with zero attached hydrogens (tertiary/aromatic N) is 1. The second kappa shape index (κ2) is 8.02. The Morgan fingerprint density at radius 1 is 1.15 bits per heavy atom. The van der Waals surface area contributed by atoms with Crippen molar-refractivity contribution in [1.82, 2.24) is 10.2 Å². The normalized spacial score (nSPS) is 11.0. The number of carbonyl (C=O) groups is 1. The van der Waals surface area contributed by atoms with Gasteiger partial charge in [0.25, 0.3) is 5.91 Å². The Hall–Kier alpha value is -2.51. The summed E-state index contributed by atoms with van der Waals surface area (Å²) in [6.07, 6.45) is -2.14. The number of aromatic amines is 1. The molecule has 1 heterocycles. The molecule has 0 aliphatic heterocycles. The summed E-state index contributed by atoms with van der Waals surface area (Å²) in [5.74, 6) is -1.26. The molecule has 2 N–H and O–H groups in total. The van der Waals surface area contributed by atoms with Crippen LogP contribution in [0.15, 0.2) is 42.6 Å². The molecule has 1 amide bonds. The second-order valence-corrected chi connectivity index (χ2v) is 6.44. The van der Waals surface area contributed by atoms with Gasteiger partial charge in [0.05, 0.1) is 39.6 Å². The van der Waals surface area contributed by atoms with Gasteiger partial charge in [-0.1, -0.05) is 29.3 Å². The molecule has 0 saturated carbocycles. The number of carbonyl (C=O) groups excluding carboxylic acids is 1. The van der Waals surface area contributed by atoms with Crippen LogP contribution in [0.1, 0.15) is 16.1 Å². The van der Waals surface area contributed by atoms with Crippen molar-refractivity contribution in [3.8, 4) is 11.1 Å². The lowest BCUT2D eigenvalue weighted by Crippen LogP contribution is -2.15. The summed E-state index contributed by atoms with van der Waals surface area (Å²) in [6.45, 7) is 0. The van der Waals surface area contributed by atoms with Crippen molar-refractivity contribution >= 4 is 34.8 Å². The molecule has 0 aliphatic carbocycles. The number of rotatable bonds is 5. The van der Waals surface area contributed by atoms with E-state index in [1.54, 1.807) is 18.2 Å². The quantitative estimate of drug-likeness (QED) is 0.573. The average Bonchev–Trinajstić information content (AvgIpc) is 3.05. The SMILES string of the molecule is O=C(Nc1cc(F)ccc1-c1ccc(Cl)c(Cl)c1)c1cn[nH]c1CC(F)F. The first kappa shape index (κ1) is 19.3. The minimum absolute atomic E-state index is 0.00464. The van der Waals surface area contributed by atoms with Crippen molar-refractivity contribution in [2.24, 2.45) is 0 Å². The Labute approximate surface area is 162 Å². The first-order valence-corrected chi connectivity index (χ1v) is 8.47. The number of H-pyrrole nitrogens is 1. The van der Waals surface area contributed by atoms with Crippen molar-refractivity contribution in [2.45, 2.75) is 12.8 Å². The van der Waals surface area contributed by atoms with E-state index in [2.05, 4.69) is 15.5 Å². The highest BCUT2D eigenvalue weighted by Crippen LogP contribution is 2.33. The van der Waals surface area contributed by atoms with E-state index in [9.17, 15) is 18.0 Å². The van der Waals surface area contributed by atoms with E-state index in [0.717, 1.165) is 12.3 Å². The molecule has 0 aliphatic rings. The molecular weight excluding hydrogens is 402 g/mol. The highest BCUT2D eigenvalue weighted by molar-refractivity contribution is 6.42. The Kier molecular flexibility index (Phi) is 5.72. The Bertz CT molecular complexity index is 992. The molecule has 0 bridgehead atoms. The third-order valence-electron chi connectivity index (χ3n) is 3.78. The van der Waals surface area contributed by atoms with E-state index < -0.39 is 24.6 Å². The minimum Gasteiger partial charge on any atom is -0.321 e. The number of amides is 1. The number of aromatic nitrogens is 2. The van der Waals surface area contributed by atoms with Crippen LogP contribution in [0, 0.1) is 5.82 Å². The Morgan fingerprint density at radius 3 is 2.63 bits per heavy atom. The standard InChI is InChI=1S/C18H12Cl2F3N3O/c19-13-4-1-9(5-14(13)20)11-3-2-10(21)6-15(11)25-18(27)12-8-24-26-16(12)7-17(22)23/h1-6,8,17H,7H2,(H,24,26)(H,25,27). The Morgan fingerprint density at radius 2 is 1.93 bits per heavy atom. The number of hydrogen-bond donors (Lipinski definition) is 2. The summed E-state index contributed by atoms with van der Waals surface area (Å²) in [6, 6.07) is 8.64. The molecule has 27 heavy (non-hydrogen) atoms. The fourth-order valence-corrected chi connectivity index (χ4v) is 2.84. The highest BCUT2D eigenvalue weighted by atomic mass is 35.5. The third kappa shape index (κ3) is 4.43. The minimum atomic E-state index is -2.64. The van der Waals surface area contributed by atoms with Gasteiger partial charge in [-0.15, -0.1) is 0 Å². The van der Waals surface area contributed by atoms with Crippen molar-refractivity contribution in [3.63, 3.8) is 0 Å². The van der Waals surface area contributed by atoms with Crippen LogP contribution in [0.25, 0.3) is 11.1 Å². The van der Waals surface area contributed by atoms with Crippen LogP contribution >= 0.6 is 23.2 Å². The smallest absolute Gasteiger partial charge is 0.259 e. The van der Waals surface area contributed by atoms with Gasteiger partial charge in [0.15, 0.2) is 0 Å². The number of nitrogens with one attached hydrogen (secondary N) is 2. The maximum atomic E-state index is 13.7. The number of anilines is 1. The van der Waals surface area contributed by atoms with Crippen LogP contribution in [0.5, 0.6) is 0 Å². The monoisotopic (exact) mass is 413 g/mol. The molecular formula is C18H12Cl2F3N3O. The van der Waals surface area contributed by atoms with Gasteiger partial charge in [0.2, 0.25) is 6.43 Å². The van der Waals surface area contributed by atoms with Gasteiger partial charge in [0, 0.05) is 5.56 Å². The van der Waals surface area contributed by atoms with Gasteiger partial charge in [-0.05, 0) is 35.9 Å². The number of benzene rings is 2. The van der Waals surface area contributed by atoms with Gasteiger partial charge in [-0.2, -0.15) is 5.10 Å². The van der Waals surface area contributed by atoms with E-state index >= 15 is 0 Å². The first-order valence-electron chi connectivity index (χ1n) is 7.72. The van der Waals surface area contributed by atoms with Crippen molar-refractivity contribution < 1.29 is 18.0 Å². The largest absolute Gasteiger partial charge is 0.321 e. The fourth-order valence-electron chi connectivity index (χ4n) is 2.54. The fraction of sp³-hybridized carbons (Fsp3) is 0.111. The highest BCUT2D eigenvalue weighted by Gasteiger charge is 2.19. The van der Waals surface area contributed by atoms with Crippen LogP contribution in [-0.4, -0.2) is 22.5 Å². The maximum absolute atomic E-state index is 13.7. The summed E-state index contributed by atoms with van der Waals surface area (Å²) in [5.41, 5.74) is 1.19. The van der Waals surface area contributed by atoms with Crippen molar-refractivity contribution in [3.05, 3.63) is 69.7 Å². The molecule has 3 aromatic rings. The molecule has 140 valence electrons. The zero-order valence-electron chi connectivity index (χ0n) is 13.6. The summed E-state index contributed by atoms with van der Waals surface area (Å²) < 4.78 is 39.0. The van der Waals surface area contributed by atoms with Crippen LogP contribution in [-0.2, 0) is 6.42 Å². The maximum Gasteiger partial charge on any atom is 0.259 e. The van der Waals surface area contributed by atoms with Crippen LogP contribution in [0.3, 0.4) is 0 Å². The molecule has 0 atom stereocenters. The van der Waals surface area contributed by atoms with Crippen molar-refractivity contribution in [1.29, 1.82) is 0 Å². The van der Waals surface area contributed by atoms with E-state index in [1.807, 2.05) is 0 Å². The molecule has 9 heteroatoms. The molecule has 2 aromatic carbocycles. The summed E-state index contributed by atoms with van der Waals surface area (Å²) in [5, 5.41) is 9.20. The summed E-state index contributed by atoms with van der Waals surface area (Å²) in [7, 11) is 0. The molecule has 3 rings (SSSR count). The number of alkyl halides is 2. The molecule has 0 unspecified atom stereocenters. The Balaban J connectivity index is 1.95. The zero-order chi connectivity index (χ0) is 19.6. The molecule has 0 spiro atoms. The lowest BCUT2D eigenvalue weighted by atomic mass is 10.0. The van der Waals surface area contributed by atoms with Gasteiger partial charge in [-0.3, -0.25) is 9.89 Å². The van der Waals surface area contributed by atoms with Gasteiger partial charge in [-0.25, -0.2) is 13.2 Å². The predicted octanol–water partition coefficient (Wildman–Crippen LogP) is 5.58. The summed E-state index contributed by atoms with van der Waals surface area (Å²) >= 11 is 11.9. The zero-order valence-corrected chi connectivity index (χ0v) is 15.1. The van der Waals surface area contributed by atoms with E-state index in [0.29, 0.717) is 21.2 Å². The summed E-state index contributed by atoms with van der Waals surface area (Å²) in [4.78, 5) is 12.5. The second-order valence-electron chi connectivity index (χ2n) is 5.63. The third-order valence-corrected chi connectivity index (χ3v) is 4.52. The van der Waals surface area contributed by atoms with Crippen LogP contribution in [0.2, 0.25) is 10.0 Å². The lowest BCUT2D eigenvalue weighted by Gasteiger charge is -2.12. The molecule has 4 nitrogen and oxygen atoms in total. The van der Waals surface area contributed by atoms with Crippen molar-refractivity contribution in [2.75, 3.05) is 5.32 Å². The van der Waals surface area contributed by atoms with Crippen LogP contribution in [0.4, 0.5) is 18.9 Å². The predicted molar refractivity (Wildman–Crippen MR) is 98.1 cm³/mol. The number of halogens is 5. The van der Waals surface area contributed by atoms with E-state index in [-0.39, 0.29) is 16.9 Å². The number of hydrogen-bond acceptors (Lipinski definition) is 2. The molecule has 1 aromatic heterocycles. The molecule has 0 fully saturated rings. The topological polar surface area (TPSA) is 57.8 Å². The lowest BCUT2D eigenvalue weighted by molar-refractivity contribution is 0.102.